The topological polar surface area (TPSA) is 28.2 Å². The third-order valence-electron chi connectivity index (χ3n) is 4.38. The highest BCUT2D eigenvalue weighted by Gasteiger charge is 2.20. The van der Waals surface area contributed by atoms with Crippen molar-refractivity contribution in [2.45, 2.75) is 46.6 Å². The molecule has 1 fully saturated rings. The molecule has 3 heteroatoms. The largest absolute Gasteiger partial charge is 0.382 e. The van der Waals surface area contributed by atoms with E-state index in [9.17, 15) is 0 Å². The van der Waals surface area contributed by atoms with E-state index in [2.05, 4.69) is 62.2 Å². The summed E-state index contributed by atoms with van der Waals surface area (Å²) in [5, 5.41) is 6.13. The van der Waals surface area contributed by atoms with Gasteiger partial charge in [-0.15, -0.1) is 0 Å². The number of nitrogens with one attached hydrogen (secondary N) is 1. The smallest absolute Gasteiger partial charge is 0.136 e. The van der Waals surface area contributed by atoms with Crippen LogP contribution in [0.5, 0.6) is 0 Å². The van der Waals surface area contributed by atoms with Crippen molar-refractivity contribution >= 4 is 22.3 Å². The van der Waals surface area contributed by atoms with E-state index in [1.165, 1.54) is 29.3 Å². The monoisotopic (exact) mass is 297 g/mol. The summed E-state index contributed by atoms with van der Waals surface area (Å²) in [5.74, 6) is 1.91. The van der Waals surface area contributed by atoms with Crippen LogP contribution in [0.25, 0.3) is 10.8 Å². The van der Waals surface area contributed by atoms with E-state index in [1.54, 1.807) is 0 Å². The summed E-state index contributed by atoms with van der Waals surface area (Å²) in [6, 6.07) is 9.15. The fourth-order valence-electron chi connectivity index (χ4n) is 3.44. The minimum absolute atomic E-state index is 0.428. The number of pyridine rings is 1. The van der Waals surface area contributed by atoms with Gasteiger partial charge in [-0.05, 0) is 51.7 Å². The Hall–Kier alpha value is -1.77. The fraction of sp³-hybridized carbons (Fsp3) is 0.526. The van der Waals surface area contributed by atoms with E-state index in [0.29, 0.717) is 6.04 Å². The van der Waals surface area contributed by atoms with Crippen LogP contribution in [0, 0.1) is 12.8 Å². The van der Waals surface area contributed by atoms with Gasteiger partial charge in [0.25, 0.3) is 0 Å². The SMILES string of the molecule is Cc1cc2c(NC(C)C)cccc2c(N2CCCC(C)C2)n1. The molecule has 1 aromatic heterocycles. The fourth-order valence-corrected chi connectivity index (χ4v) is 3.44. The van der Waals surface area contributed by atoms with Crippen LogP contribution in [0.1, 0.15) is 39.3 Å². The molecule has 0 aliphatic carbocycles. The highest BCUT2D eigenvalue weighted by Crippen LogP contribution is 2.33. The molecule has 1 unspecified atom stereocenters. The lowest BCUT2D eigenvalue weighted by atomic mass is 9.99. The van der Waals surface area contributed by atoms with Crippen LogP contribution in [0.15, 0.2) is 24.3 Å². The molecule has 1 aliphatic heterocycles. The average Bonchev–Trinajstić information content (AvgIpc) is 2.46. The van der Waals surface area contributed by atoms with Crippen molar-refractivity contribution in [1.82, 2.24) is 4.98 Å². The summed E-state index contributed by atoms with van der Waals surface area (Å²) in [4.78, 5) is 7.35. The summed E-state index contributed by atoms with van der Waals surface area (Å²) in [6.07, 6.45) is 2.60. The van der Waals surface area contributed by atoms with Gasteiger partial charge in [0.15, 0.2) is 0 Å². The lowest BCUT2D eigenvalue weighted by Crippen LogP contribution is -2.35. The van der Waals surface area contributed by atoms with Crippen molar-refractivity contribution in [2.24, 2.45) is 5.92 Å². The zero-order valence-corrected chi connectivity index (χ0v) is 14.2. The molecule has 22 heavy (non-hydrogen) atoms. The van der Waals surface area contributed by atoms with E-state index in [-0.39, 0.29) is 0 Å². The van der Waals surface area contributed by atoms with E-state index < -0.39 is 0 Å². The van der Waals surface area contributed by atoms with Gasteiger partial charge in [0.1, 0.15) is 5.82 Å². The summed E-state index contributed by atoms with van der Waals surface area (Å²) in [5.41, 5.74) is 2.31. The molecule has 1 aliphatic rings. The number of hydrogen-bond donors (Lipinski definition) is 1. The lowest BCUT2D eigenvalue weighted by Gasteiger charge is -2.33. The van der Waals surface area contributed by atoms with Gasteiger partial charge in [0.05, 0.1) is 0 Å². The zero-order chi connectivity index (χ0) is 15.7. The number of piperidine rings is 1. The molecule has 3 rings (SSSR count). The van der Waals surface area contributed by atoms with E-state index in [0.717, 1.165) is 30.5 Å². The molecule has 0 saturated carbocycles. The number of hydrogen-bond acceptors (Lipinski definition) is 3. The number of anilines is 2. The molecule has 0 spiro atoms. The second-order valence-corrected chi connectivity index (χ2v) is 6.98. The van der Waals surface area contributed by atoms with Gasteiger partial charge in [-0.3, -0.25) is 0 Å². The molecule has 3 nitrogen and oxygen atoms in total. The van der Waals surface area contributed by atoms with Crippen molar-refractivity contribution in [3.63, 3.8) is 0 Å². The third kappa shape index (κ3) is 3.03. The maximum absolute atomic E-state index is 4.88. The highest BCUT2D eigenvalue weighted by atomic mass is 15.2. The Labute approximate surface area is 133 Å². The van der Waals surface area contributed by atoms with Crippen LogP contribution in [0.4, 0.5) is 11.5 Å². The molecule has 2 heterocycles. The van der Waals surface area contributed by atoms with Gasteiger partial charge in [-0.25, -0.2) is 4.98 Å². The van der Waals surface area contributed by atoms with Crippen LogP contribution in [0.2, 0.25) is 0 Å². The van der Waals surface area contributed by atoms with Crippen LogP contribution in [-0.4, -0.2) is 24.1 Å². The van der Waals surface area contributed by atoms with Crippen LogP contribution in [-0.2, 0) is 0 Å². The first-order valence-electron chi connectivity index (χ1n) is 8.46. The van der Waals surface area contributed by atoms with E-state index in [4.69, 9.17) is 4.98 Å². The average molecular weight is 297 g/mol. The second-order valence-electron chi connectivity index (χ2n) is 6.98. The van der Waals surface area contributed by atoms with Gasteiger partial charge in [0.2, 0.25) is 0 Å². The van der Waals surface area contributed by atoms with Crippen molar-refractivity contribution in [3.8, 4) is 0 Å². The van der Waals surface area contributed by atoms with E-state index in [1.807, 2.05) is 0 Å². The van der Waals surface area contributed by atoms with Gasteiger partial charge in [0, 0.05) is 41.3 Å². The van der Waals surface area contributed by atoms with Gasteiger partial charge in [-0.1, -0.05) is 19.1 Å². The number of rotatable bonds is 3. The van der Waals surface area contributed by atoms with Gasteiger partial charge in [-0.2, -0.15) is 0 Å². The van der Waals surface area contributed by atoms with Crippen molar-refractivity contribution in [1.29, 1.82) is 0 Å². The molecule has 1 N–H and O–H groups in total. The third-order valence-corrected chi connectivity index (χ3v) is 4.38. The van der Waals surface area contributed by atoms with Crippen molar-refractivity contribution < 1.29 is 0 Å². The minimum Gasteiger partial charge on any atom is -0.382 e. The number of nitrogens with zero attached hydrogens (tertiary/aromatic N) is 2. The maximum atomic E-state index is 4.88. The highest BCUT2D eigenvalue weighted by molar-refractivity contribution is 6.00. The second kappa shape index (κ2) is 6.15. The first-order valence-corrected chi connectivity index (χ1v) is 8.46. The van der Waals surface area contributed by atoms with Crippen LogP contribution >= 0.6 is 0 Å². The Kier molecular flexibility index (Phi) is 4.23. The molecule has 0 bridgehead atoms. The Morgan fingerprint density at radius 1 is 1.27 bits per heavy atom. The normalized spacial score (nSPS) is 19.0. The van der Waals surface area contributed by atoms with Gasteiger partial charge < -0.3 is 10.2 Å². The first kappa shape index (κ1) is 15.1. The number of aromatic nitrogens is 1. The maximum Gasteiger partial charge on any atom is 0.136 e. The number of fused-ring (bicyclic) bond motifs is 1. The Morgan fingerprint density at radius 2 is 2.09 bits per heavy atom. The summed E-state index contributed by atoms with van der Waals surface area (Å²) < 4.78 is 0. The number of aryl methyl sites for hydroxylation is 1. The molecular formula is C19H27N3. The van der Waals surface area contributed by atoms with Crippen LogP contribution < -0.4 is 10.2 Å². The van der Waals surface area contributed by atoms with Crippen molar-refractivity contribution in [3.05, 3.63) is 30.0 Å². The summed E-state index contributed by atoms with van der Waals surface area (Å²) in [6.45, 7) is 11.0. The predicted molar refractivity (Wildman–Crippen MR) is 95.8 cm³/mol. The molecule has 2 aromatic rings. The molecule has 0 amide bonds. The molecule has 1 atom stereocenters. The molecule has 1 aromatic carbocycles. The Bertz CT molecular complexity index is 663. The first-order chi connectivity index (χ1) is 10.5. The number of benzene rings is 1. The molecule has 0 radical (unpaired) electrons. The quantitative estimate of drug-likeness (QED) is 0.897. The molecular weight excluding hydrogens is 270 g/mol. The zero-order valence-electron chi connectivity index (χ0n) is 14.2. The molecule has 1 saturated heterocycles. The van der Waals surface area contributed by atoms with E-state index >= 15 is 0 Å². The summed E-state index contributed by atoms with van der Waals surface area (Å²) in [7, 11) is 0. The summed E-state index contributed by atoms with van der Waals surface area (Å²) >= 11 is 0. The van der Waals surface area contributed by atoms with Gasteiger partial charge >= 0.3 is 0 Å². The predicted octanol–water partition coefficient (Wildman–Crippen LogP) is 4.60. The lowest BCUT2D eigenvalue weighted by molar-refractivity contribution is 0.445. The van der Waals surface area contributed by atoms with Crippen molar-refractivity contribution in [2.75, 3.05) is 23.3 Å². The van der Waals surface area contributed by atoms with Crippen LogP contribution in [0.3, 0.4) is 0 Å². The standard InChI is InChI=1S/C19H27N3/c1-13(2)20-18-9-5-8-16-17(18)11-15(4)21-19(16)22-10-6-7-14(3)12-22/h5,8-9,11,13-14,20H,6-7,10,12H2,1-4H3. The molecule has 118 valence electrons. The Balaban J connectivity index is 2.10. The minimum atomic E-state index is 0.428. The Morgan fingerprint density at radius 3 is 2.82 bits per heavy atom.